The van der Waals surface area contributed by atoms with Gasteiger partial charge >= 0.3 is 0 Å². The van der Waals surface area contributed by atoms with E-state index in [0.29, 0.717) is 11.0 Å². The number of thiazole rings is 1. The summed E-state index contributed by atoms with van der Waals surface area (Å²) in [4.78, 5) is 17.6. The maximum Gasteiger partial charge on any atom is 0.232 e. The summed E-state index contributed by atoms with van der Waals surface area (Å²) < 4.78 is 0. The molecule has 0 unspecified atom stereocenters. The van der Waals surface area contributed by atoms with E-state index in [0.717, 1.165) is 37.0 Å². The van der Waals surface area contributed by atoms with Crippen LogP contribution in [0, 0.1) is 23.2 Å². The Kier molecular flexibility index (Phi) is 5.38. The average Bonchev–Trinajstić information content (AvgIpc) is 3.06. The van der Waals surface area contributed by atoms with Gasteiger partial charge in [-0.3, -0.25) is 4.79 Å². The Morgan fingerprint density at radius 1 is 1.52 bits per heavy atom. The average molecular weight is 306 g/mol. The van der Waals surface area contributed by atoms with Crippen LogP contribution in [0.5, 0.6) is 0 Å². The third kappa shape index (κ3) is 4.05. The minimum Gasteiger partial charge on any atom is -0.384 e. The first-order valence-corrected chi connectivity index (χ1v) is 8.24. The fraction of sp³-hybridized carbons (Fsp3) is 0.625. The van der Waals surface area contributed by atoms with E-state index in [2.05, 4.69) is 36.0 Å². The summed E-state index contributed by atoms with van der Waals surface area (Å²) in [7, 11) is 0. The van der Waals surface area contributed by atoms with E-state index >= 15 is 0 Å². The number of nitrogens with zero attached hydrogens (tertiary/aromatic N) is 1. The molecule has 4 nitrogen and oxygen atoms in total. The monoisotopic (exact) mass is 306 g/mol. The number of aliphatic hydroxyl groups excluding tert-OH is 1. The minimum absolute atomic E-state index is 0.102. The van der Waals surface area contributed by atoms with Crippen molar-refractivity contribution in [3.05, 3.63) is 11.1 Å². The highest BCUT2D eigenvalue weighted by Crippen LogP contribution is 2.44. The van der Waals surface area contributed by atoms with Gasteiger partial charge in [0.25, 0.3) is 0 Å². The van der Waals surface area contributed by atoms with Crippen LogP contribution in [0.15, 0.2) is 6.20 Å². The summed E-state index contributed by atoms with van der Waals surface area (Å²) in [5, 5.41) is 12.2. The van der Waals surface area contributed by atoms with Crippen LogP contribution in [0.4, 0.5) is 5.13 Å². The molecule has 1 aromatic heterocycles. The van der Waals surface area contributed by atoms with E-state index in [1.807, 2.05) is 0 Å². The molecule has 5 heteroatoms. The number of hydrogen-bond acceptors (Lipinski definition) is 4. The largest absolute Gasteiger partial charge is 0.384 e. The number of aromatic nitrogens is 1. The van der Waals surface area contributed by atoms with Gasteiger partial charge in [-0.2, -0.15) is 0 Å². The molecule has 0 radical (unpaired) electrons. The normalized spacial score (nSPS) is 16.6. The number of nitrogens with one attached hydrogen (secondary N) is 1. The molecular weight excluding hydrogens is 284 g/mol. The van der Waals surface area contributed by atoms with E-state index in [9.17, 15) is 4.79 Å². The standard InChI is InChI=1S/C16H22N2O2S/c1-12(2)10-16(7-3-4-8-16)14(20)18-15-17-11-13(21-15)6-5-9-19/h11-12,19H,3-4,7-10H2,1-2H3,(H,17,18,20). The van der Waals surface area contributed by atoms with Crippen LogP contribution in [-0.2, 0) is 4.79 Å². The predicted octanol–water partition coefficient (Wildman–Crippen LogP) is 3.03. The summed E-state index contributed by atoms with van der Waals surface area (Å²) in [5.74, 6) is 6.00. The Morgan fingerprint density at radius 2 is 2.24 bits per heavy atom. The summed E-state index contributed by atoms with van der Waals surface area (Å²) >= 11 is 1.35. The molecule has 2 N–H and O–H groups in total. The Morgan fingerprint density at radius 3 is 2.86 bits per heavy atom. The van der Waals surface area contributed by atoms with Gasteiger partial charge in [0, 0.05) is 5.41 Å². The minimum atomic E-state index is -0.225. The lowest BCUT2D eigenvalue weighted by molar-refractivity contribution is -0.126. The number of carbonyl (C=O) groups is 1. The van der Waals surface area contributed by atoms with Crippen LogP contribution in [0.1, 0.15) is 50.8 Å². The smallest absolute Gasteiger partial charge is 0.232 e. The van der Waals surface area contributed by atoms with Crippen molar-refractivity contribution >= 4 is 22.4 Å². The molecule has 1 saturated carbocycles. The van der Waals surface area contributed by atoms with Gasteiger partial charge in [-0.25, -0.2) is 4.98 Å². The van der Waals surface area contributed by atoms with Crippen LogP contribution in [0.2, 0.25) is 0 Å². The van der Waals surface area contributed by atoms with Gasteiger partial charge in [0.1, 0.15) is 6.61 Å². The first kappa shape index (κ1) is 16.0. The maximum atomic E-state index is 12.7. The SMILES string of the molecule is CC(C)CC1(C(=O)Nc2ncc(C#CCO)s2)CCCC1. The zero-order chi connectivity index (χ0) is 15.3. The molecule has 1 aliphatic carbocycles. The van der Waals surface area contributed by atoms with E-state index in [4.69, 9.17) is 5.11 Å². The number of aliphatic hydroxyl groups is 1. The lowest BCUT2D eigenvalue weighted by atomic mass is 9.78. The van der Waals surface area contributed by atoms with Crippen molar-refractivity contribution in [3.63, 3.8) is 0 Å². The van der Waals surface area contributed by atoms with Crippen molar-refractivity contribution in [1.29, 1.82) is 0 Å². The number of anilines is 1. The van der Waals surface area contributed by atoms with Gasteiger partial charge in [-0.05, 0) is 25.2 Å². The van der Waals surface area contributed by atoms with Crippen molar-refractivity contribution in [2.45, 2.75) is 46.0 Å². The third-order valence-electron chi connectivity index (χ3n) is 3.86. The molecule has 1 amide bonds. The van der Waals surface area contributed by atoms with E-state index < -0.39 is 0 Å². The molecule has 0 saturated heterocycles. The molecule has 1 aliphatic rings. The van der Waals surface area contributed by atoms with Gasteiger partial charge in [0.15, 0.2) is 5.13 Å². The van der Waals surface area contributed by atoms with E-state index in [1.54, 1.807) is 6.20 Å². The second kappa shape index (κ2) is 7.06. The van der Waals surface area contributed by atoms with Crippen LogP contribution in [-0.4, -0.2) is 22.6 Å². The molecule has 0 spiro atoms. The molecule has 21 heavy (non-hydrogen) atoms. The van der Waals surface area contributed by atoms with E-state index in [1.165, 1.54) is 11.3 Å². The number of rotatable bonds is 4. The quantitative estimate of drug-likeness (QED) is 0.841. The lowest BCUT2D eigenvalue weighted by Crippen LogP contribution is -2.35. The molecule has 0 aliphatic heterocycles. The Bertz CT molecular complexity index is 548. The first-order chi connectivity index (χ1) is 10.1. The first-order valence-electron chi connectivity index (χ1n) is 7.43. The Balaban J connectivity index is 2.06. The molecule has 1 aromatic rings. The van der Waals surface area contributed by atoms with E-state index in [-0.39, 0.29) is 17.9 Å². The molecule has 0 atom stereocenters. The number of amides is 1. The second-order valence-corrected chi connectivity index (χ2v) is 7.06. The molecule has 2 rings (SSSR count). The second-order valence-electron chi connectivity index (χ2n) is 6.03. The number of hydrogen-bond donors (Lipinski definition) is 2. The van der Waals surface area contributed by atoms with Gasteiger partial charge in [-0.1, -0.05) is 49.9 Å². The molecule has 114 valence electrons. The summed E-state index contributed by atoms with van der Waals surface area (Å²) in [5.41, 5.74) is -0.225. The fourth-order valence-corrected chi connectivity index (χ4v) is 3.79. The van der Waals surface area contributed by atoms with Gasteiger partial charge < -0.3 is 10.4 Å². The van der Waals surface area contributed by atoms with Crippen molar-refractivity contribution < 1.29 is 9.90 Å². The molecule has 0 bridgehead atoms. The van der Waals surface area contributed by atoms with Crippen LogP contribution in [0.25, 0.3) is 0 Å². The van der Waals surface area contributed by atoms with Gasteiger partial charge in [0.05, 0.1) is 11.1 Å². The Labute approximate surface area is 130 Å². The highest BCUT2D eigenvalue weighted by Gasteiger charge is 2.41. The van der Waals surface area contributed by atoms with Gasteiger partial charge in [0.2, 0.25) is 5.91 Å². The fourth-order valence-electron chi connectivity index (χ4n) is 3.10. The topological polar surface area (TPSA) is 62.2 Å². The van der Waals surface area contributed by atoms with Crippen molar-refractivity contribution in [2.24, 2.45) is 11.3 Å². The zero-order valence-corrected chi connectivity index (χ0v) is 13.4. The molecular formula is C16H22N2O2S. The van der Waals surface area contributed by atoms with Gasteiger partial charge in [-0.15, -0.1) is 0 Å². The lowest BCUT2D eigenvalue weighted by Gasteiger charge is -2.28. The Hall–Kier alpha value is -1.38. The predicted molar refractivity (Wildman–Crippen MR) is 85.1 cm³/mol. The van der Waals surface area contributed by atoms with Crippen LogP contribution in [0.3, 0.4) is 0 Å². The van der Waals surface area contributed by atoms with Crippen molar-refractivity contribution in [3.8, 4) is 11.8 Å². The summed E-state index contributed by atoms with van der Waals surface area (Å²) in [6.07, 6.45) is 6.77. The van der Waals surface area contributed by atoms with Crippen LogP contribution >= 0.6 is 11.3 Å². The summed E-state index contributed by atoms with van der Waals surface area (Å²) in [6, 6.07) is 0. The summed E-state index contributed by atoms with van der Waals surface area (Å²) in [6.45, 7) is 4.16. The molecule has 1 heterocycles. The maximum absolute atomic E-state index is 12.7. The zero-order valence-electron chi connectivity index (χ0n) is 12.6. The van der Waals surface area contributed by atoms with Crippen molar-refractivity contribution in [1.82, 2.24) is 4.98 Å². The number of carbonyl (C=O) groups excluding carboxylic acids is 1. The molecule has 0 aromatic carbocycles. The highest BCUT2D eigenvalue weighted by molar-refractivity contribution is 7.16. The van der Waals surface area contributed by atoms with Crippen LogP contribution < -0.4 is 5.32 Å². The van der Waals surface area contributed by atoms with Crippen molar-refractivity contribution in [2.75, 3.05) is 11.9 Å². The highest BCUT2D eigenvalue weighted by atomic mass is 32.1. The third-order valence-corrected chi connectivity index (χ3v) is 4.69. The molecule has 1 fully saturated rings.